The number of hydrogen-bond acceptors (Lipinski definition) is 2. The van der Waals surface area contributed by atoms with E-state index >= 15 is 0 Å². The molecule has 0 fully saturated rings. The molecule has 3 aromatic rings. The summed E-state index contributed by atoms with van der Waals surface area (Å²) in [5.74, 6) is -0.392. The molecule has 1 aromatic heterocycles. The van der Waals surface area contributed by atoms with E-state index in [2.05, 4.69) is 21.2 Å². The van der Waals surface area contributed by atoms with Gasteiger partial charge < -0.3 is 9.88 Å². The van der Waals surface area contributed by atoms with Gasteiger partial charge in [0.25, 0.3) is 11.5 Å². The molecule has 1 amide bonds. The number of benzene rings is 2. The van der Waals surface area contributed by atoms with Crippen molar-refractivity contribution in [1.29, 1.82) is 0 Å². The van der Waals surface area contributed by atoms with E-state index < -0.39 is 17.6 Å². The highest BCUT2D eigenvalue weighted by Crippen LogP contribution is 2.29. The lowest BCUT2D eigenvalue weighted by Gasteiger charge is -2.12. The van der Waals surface area contributed by atoms with Crippen LogP contribution in [-0.4, -0.2) is 10.5 Å². The van der Waals surface area contributed by atoms with E-state index in [1.54, 1.807) is 12.1 Å². The zero-order valence-corrected chi connectivity index (χ0v) is 16.8. The number of halogens is 4. The van der Waals surface area contributed by atoms with Gasteiger partial charge in [0.1, 0.15) is 0 Å². The molecule has 3 rings (SSSR count). The van der Waals surface area contributed by atoms with Gasteiger partial charge in [-0.2, -0.15) is 13.2 Å². The van der Waals surface area contributed by atoms with Crippen LogP contribution in [0.5, 0.6) is 0 Å². The summed E-state index contributed by atoms with van der Waals surface area (Å²) in [5.41, 5.74) is 1.16. The van der Waals surface area contributed by atoms with Crippen molar-refractivity contribution in [3.63, 3.8) is 0 Å². The normalized spacial score (nSPS) is 11.3. The molecule has 1 heterocycles. The lowest BCUT2D eigenvalue weighted by molar-refractivity contribution is -0.137. The molecule has 1 N–H and O–H groups in total. The smallest absolute Gasteiger partial charge is 0.322 e. The van der Waals surface area contributed by atoms with Crippen LogP contribution in [0, 0.1) is 6.92 Å². The van der Waals surface area contributed by atoms with Crippen LogP contribution in [0.25, 0.3) is 0 Å². The minimum atomic E-state index is -4.42. The zero-order valence-electron chi connectivity index (χ0n) is 15.3. The first-order valence-electron chi connectivity index (χ1n) is 8.57. The summed E-state index contributed by atoms with van der Waals surface area (Å²) in [5, 5.41) is 2.79. The number of anilines is 1. The molecule has 0 radical (unpaired) electrons. The Labute approximate surface area is 173 Å². The topological polar surface area (TPSA) is 51.1 Å². The highest BCUT2D eigenvalue weighted by molar-refractivity contribution is 9.10. The van der Waals surface area contributed by atoms with E-state index in [1.807, 2.05) is 13.0 Å². The van der Waals surface area contributed by atoms with Gasteiger partial charge in [-0.15, -0.1) is 0 Å². The number of alkyl halides is 3. The lowest BCUT2D eigenvalue weighted by atomic mass is 10.1. The molecular weight excluding hydrogens is 449 g/mol. The predicted molar refractivity (Wildman–Crippen MR) is 108 cm³/mol. The van der Waals surface area contributed by atoms with Crippen LogP contribution in [0.1, 0.15) is 27.0 Å². The van der Waals surface area contributed by atoms with Crippen LogP contribution in [0.2, 0.25) is 0 Å². The van der Waals surface area contributed by atoms with Gasteiger partial charge in [-0.1, -0.05) is 28.1 Å². The first-order chi connectivity index (χ1) is 13.6. The van der Waals surface area contributed by atoms with Gasteiger partial charge in [-0.3, -0.25) is 9.59 Å². The maximum atomic E-state index is 12.7. The van der Waals surface area contributed by atoms with Gasteiger partial charge in [0.2, 0.25) is 0 Å². The van der Waals surface area contributed by atoms with Crippen molar-refractivity contribution in [3.05, 3.63) is 97.9 Å². The quantitative estimate of drug-likeness (QED) is 0.573. The molecule has 0 aliphatic carbocycles. The molecule has 0 bridgehead atoms. The minimum Gasteiger partial charge on any atom is -0.322 e. The van der Waals surface area contributed by atoms with Crippen LogP contribution in [0.15, 0.2) is 70.1 Å². The Balaban J connectivity index is 1.80. The molecule has 0 aliphatic heterocycles. The third-order valence-corrected chi connectivity index (χ3v) is 4.81. The summed E-state index contributed by atoms with van der Waals surface area (Å²) in [6.45, 7) is 1.90. The highest BCUT2D eigenvalue weighted by atomic mass is 79.9. The molecule has 0 atom stereocenters. The average molecular weight is 465 g/mol. The number of rotatable bonds is 4. The summed E-state index contributed by atoms with van der Waals surface area (Å²) < 4.78 is 40.2. The van der Waals surface area contributed by atoms with Gasteiger partial charge in [0.15, 0.2) is 0 Å². The molecule has 0 saturated heterocycles. The Kier molecular flexibility index (Phi) is 5.93. The minimum absolute atomic E-state index is 0.0510. The third-order valence-electron chi connectivity index (χ3n) is 4.32. The number of aromatic nitrogens is 1. The highest BCUT2D eigenvalue weighted by Gasteiger charge is 2.29. The van der Waals surface area contributed by atoms with E-state index in [0.717, 1.165) is 22.2 Å². The third kappa shape index (κ3) is 5.14. The molecule has 0 saturated carbocycles. The van der Waals surface area contributed by atoms with Gasteiger partial charge >= 0.3 is 6.18 Å². The SMILES string of the molecule is Cc1cc(Br)ccc1NC(=O)c1ccc(=O)n(Cc2ccc(C(F)(F)F)cc2)c1. The molecule has 2 aromatic carbocycles. The Morgan fingerprint density at radius 3 is 2.38 bits per heavy atom. The lowest BCUT2D eigenvalue weighted by Crippen LogP contribution is -2.22. The van der Waals surface area contributed by atoms with E-state index in [1.165, 1.54) is 35.0 Å². The number of pyridine rings is 1. The second-order valence-corrected chi connectivity index (χ2v) is 7.41. The predicted octanol–water partition coefficient (Wildman–Crippen LogP) is 5.24. The van der Waals surface area contributed by atoms with Gasteiger partial charge in [-0.05, 0) is 54.4 Å². The van der Waals surface area contributed by atoms with Crippen molar-refractivity contribution < 1.29 is 18.0 Å². The van der Waals surface area contributed by atoms with Crippen molar-refractivity contribution in [2.24, 2.45) is 0 Å². The Morgan fingerprint density at radius 1 is 1.07 bits per heavy atom. The van der Waals surface area contributed by atoms with Crippen LogP contribution in [0.3, 0.4) is 0 Å². The second kappa shape index (κ2) is 8.24. The molecular formula is C21H16BrF3N2O2. The Bertz CT molecular complexity index is 1110. The van der Waals surface area contributed by atoms with Gasteiger partial charge in [-0.25, -0.2) is 0 Å². The van der Waals surface area contributed by atoms with Gasteiger partial charge in [0, 0.05) is 22.4 Å². The molecule has 150 valence electrons. The van der Waals surface area contributed by atoms with Crippen molar-refractivity contribution in [1.82, 2.24) is 4.57 Å². The largest absolute Gasteiger partial charge is 0.416 e. The second-order valence-electron chi connectivity index (χ2n) is 6.49. The maximum Gasteiger partial charge on any atom is 0.416 e. The zero-order chi connectivity index (χ0) is 21.2. The van der Waals surface area contributed by atoms with Crippen LogP contribution in [0.4, 0.5) is 18.9 Å². The first kappa shape index (κ1) is 20.9. The fourth-order valence-electron chi connectivity index (χ4n) is 2.75. The monoisotopic (exact) mass is 464 g/mol. The number of carbonyl (C=O) groups is 1. The molecule has 0 spiro atoms. The Hall–Kier alpha value is -2.87. The van der Waals surface area contributed by atoms with Crippen molar-refractivity contribution in [3.8, 4) is 0 Å². The number of nitrogens with one attached hydrogen (secondary N) is 1. The molecule has 8 heteroatoms. The van der Waals surface area contributed by atoms with E-state index in [-0.39, 0.29) is 17.7 Å². The van der Waals surface area contributed by atoms with Crippen molar-refractivity contribution >= 4 is 27.5 Å². The number of hydrogen-bond donors (Lipinski definition) is 1. The average Bonchev–Trinajstić information content (AvgIpc) is 2.65. The van der Waals surface area contributed by atoms with Crippen molar-refractivity contribution in [2.75, 3.05) is 5.32 Å². The summed E-state index contributed by atoms with van der Waals surface area (Å²) in [7, 11) is 0. The number of carbonyl (C=O) groups excluding carboxylic acids is 1. The number of nitrogens with zero attached hydrogens (tertiary/aromatic N) is 1. The molecule has 29 heavy (non-hydrogen) atoms. The number of amides is 1. The Morgan fingerprint density at radius 2 is 1.76 bits per heavy atom. The fourth-order valence-corrected chi connectivity index (χ4v) is 3.22. The summed E-state index contributed by atoms with van der Waals surface area (Å²) in [6.07, 6.45) is -3.03. The summed E-state index contributed by atoms with van der Waals surface area (Å²) >= 11 is 3.36. The van der Waals surface area contributed by atoms with Crippen molar-refractivity contribution in [2.45, 2.75) is 19.6 Å². The van der Waals surface area contributed by atoms with E-state index in [4.69, 9.17) is 0 Å². The fraction of sp³-hybridized carbons (Fsp3) is 0.143. The first-order valence-corrected chi connectivity index (χ1v) is 9.37. The van der Waals surface area contributed by atoms with Crippen LogP contribution < -0.4 is 10.9 Å². The standard InChI is InChI=1S/C21H16BrF3N2O2/c1-13-10-17(22)7-8-18(13)26-20(29)15-4-9-19(28)27(12-15)11-14-2-5-16(6-3-14)21(23,24)25/h2-10,12H,11H2,1H3,(H,26,29). The van der Waals surface area contributed by atoms with E-state index in [9.17, 15) is 22.8 Å². The molecule has 0 unspecified atom stereocenters. The summed E-state index contributed by atoms with van der Waals surface area (Å²) in [4.78, 5) is 24.7. The maximum absolute atomic E-state index is 12.7. The van der Waals surface area contributed by atoms with Crippen LogP contribution >= 0.6 is 15.9 Å². The summed E-state index contributed by atoms with van der Waals surface area (Å²) in [6, 6.07) is 12.6. The molecule has 0 aliphatic rings. The number of aryl methyl sites for hydroxylation is 1. The molecule has 4 nitrogen and oxygen atoms in total. The van der Waals surface area contributed by atoms with Gasteiger partial charge in [0.05, 0.1) is 17.7 Å². The van der Waals surface area contributed by atoms with E-state index in [0.29, 0.717) is 11.3 Å². The van der Waals surface area contributed by atoms with Crippen LogP contribution in [-0.2, 0) is 12.7 Å².